The second kappa shape index (κ2) is 30.7. The van der Waals surface area contributed by atoms with Gasteiger partial charge in [0.25, 0.3) is 17.6 Å². The second-order valence-electron chi connectivity index (χ2n) is 18.6. The Morgan fingerprint density at radius 2 is 1.20 bits per heavy atom. The van der Waals surface area contributed by atoms with Crippen molar-refractivity contribution in [3.05, 3.63) is 107 Å². The molecule has 83 heavy (non-hydrogen) atoms. The van der Waals surface area contributed by atoms with Gasteiger partial charge >= 0.3 is 18.3 Å². The van der Waals surface area contributed by atoms with Crippen LogP contribution in [-0.4, -0.2) is 205 Å². The molecule has 0 aliphatic rings. The number of aliphatic hydroxyl groups excluding tert-OH is 10. The first-order valence-electron chi connectivity index (χ1n) is 25.3. The molecule has 2 amide bonds. The third kappa shape index (κ3) is 19.1. The molecule has 6 aromatic rings. The van der Waals surface area contributed by atoms with Crippen molar-refractivity contribution >= 4 is 51.8 Å². The van der Waals surface area contributed by atoms with Crippen molar-refractivity contribution in [2.75, 3.05) is 45.1 Å². The summed E-state index contributed by atoms with van der Waals surface area (Å²) in [4.78, 5) is 57.3. The number of alkyl halides is 6. The lowest BCUT2D eigenvalue weighted by Crippen LogP contribution is -2.53. The van der Waals surface area contributed by atoms with Crippen molar-refractivity contribution in [1.82, 2.24) is 35.1 Å². The molecule has 0 bridgehead atoms. The SMILES string of the molecule is CCn1c(CNC(=O)c2nc3cc[nH]c3nc2N)[n+](CC)c2ccc(C(=O)NCCc3ccc(-c4ccc(CCN(CC(O)C(O)C(O)C(O)CO)CC(O)C(O)C(O)C(O)CO)cc4)cc3)cc21.O=C(O)C(F)(F)F.O=C([O-])C(F)(F)F. The zero-order valence-corrected chi connectivity index (χ0v) is 44.4. The number of nitrogens with zero attached hydrogens (tertiary/aromatic N) is 5. The van der Waals surface area contributed by atoms with Gasteiger partial charge in [-0.05, 0) is 67.1 Å². The molecule has 25 nitrogen and oxygen atoms in total. The molecule has 31 heteroatoms. The molecule has 8 unspecified atom stereocenters. The van der Waals surface area contributed by atoms with Gasteiger partial charge in [0.1, 0.15) is 54.7 Å². The van der Waals surface area contributed by atoms with Crippen LogP contribution in [0.4, 0.5) is 32.2 Å². The van der Waals surface area contributed by atoms with Crippen LogP contribution in [0.2, 0.25) is 0 Å². The average molecular weight is 1190 g/mol. The maximum atomic E-state index is 13.4. The van der Waals surface area contributed by atoms with Crippen molar-refractivity contribution in [2.24, 2.45) is 0 Å². The number of aliphatic carboxylic acids is 2. The summed E-state index contributed by atoms with van der Waals surface area (Å²) < 4.78 is 67.4. The highest BCUT2D eigenvalue weighted by atomic mass is 19.4. The summed E-state index contributed by atoms with van der Waals surface area (Å²) >= 11 is 0. The summed E-state index contributed by atoms with van der Waals surface area (Å²) in [5.74, 6) is -5.57. The molecule has 0 fully saturated rings. The minimum Gasteiger partial charge on any atom is -0.542 e. The number of aliphatic hydroxyl groups is 10. The predicted octanol–water partition coefficient (Wildman–Crippen LogP) is -1.96. The molecule has 16 N–H and O–H groups in total. The van der Waals surface area contributed by atoms with Crippen LogP contribution in [0, 0.1) is 0 Å². The van der Waals surface area contributed by atoms with E-state index in [2.05, 4.69) is 34.7 Å². The van der Waals surface area contributed by atoms with Gasteiger partial charge in [-0.2, -0.15) is 26.3 Å². The van der Waals surface area contributed by atoms with Gasteiger partial charge in [-0.25, -0.2) is 23.9 Å². The van der Waals surface area contributed by atoms with E-state index in [1.807, 2.05) is 74.5 Å². The Hall–Kier alpha value is -7.43. The van der Waals surface area contributed by atoms with E-state index >= 15 is 0 Å². The molecule has 0 spiro atoms. The Bertz CT molecular complexity index is 3020. The lowest BCUT2D eigenvalue weighted by Gasteiger charge is -2.33. The number of carboxylic acid groups (broad SMARTS) is 2. The minimum atomic E-state index is -5.19. The van der Waals surface area contributed by atoms with Gasteiger partial charge in [0.15, 0.2) is 28.2 Å². The van der Waals surface area contributed by atoms with E-state index in [9.17, 15) is 76.8 Å². The number of hydrogen-bond acceptors (Lipinski definition) is 19. The Kier molecular flexibility index (Phi) is 25.2. The van der Waals surface area contributed by atoms with Crippen LogP contribution in [0.15, 0.2) is 79.0 Å². The molecular weight excluding hydrogens is 1120 g/mol. The zero-order chi connectivity index (χ0) is 62.1. The summed E-state index contributed by atoms with van der Waals surface area (Å²) in [5.41, 5.74) is 13.1. The van der Waals surface area contributed by atoms with E-state index in [-0.39, 0.29) is 43.6 Å². The largest absolute Gasteiger partial charge is 0.542 e. The fourth-order valence-corrected chi connectivity index (χ4v) is 8.29. The monoisotopic (exact) mass is 1190 g/mol. The number of benzene rings is 3. The van der Waals surface area contributed by atoms with Gasteiger partial charge < -0.3 is 87.4 Å². The molecule has 0 radical (unpaired) electrons. The molecule has 0 aliphatic carbocycles. The molecule has 0 saturated heterocycles. The number of halogens is 6. The molecule has 3 aromatic carbocycles. The number of fused-ring (bicyclic) bond motifs is 2. The maximum absolute atomic E-state index is 13.4. The number of nitrogens with two attached hydrogens (primary N) is 1. The van der Waals surface area contributed by atoms with E-state index in [0.29, 0.717) is 49.2 Å². The van der Waals surface area contributed by atoms with Crippen molar-refractivity contribution in [3.8, 4) is 11.1 Å². The molecule has 0 aliphatic heterocycles. The molecule has 3 aromatic heterocycles. The average Bonchev–Trinajstić information content (AvgIpc) is 2.43. The Morgan fingerprint density at radius 3 is 1.66 bits per heavy atom. The molecule has 456 valence electrons. The van der Waals surface area contributed by atoms with Gasteiger partial charge in [-0.15, -0.1) is 0 Å². The number of amides is 2. The quantitative estimate of drug-likeness (QED) is 0.0219. The van der Waals surface area contributed by atoms with E-state index in [1.165, 1.54) is 4.90 Å². The normalized spacial score (nSPS) is 14.7. The van der Waals surface area contributed by atoms with Crippen LogP contribution < -0.4 is 26.0 Å². The Morgan fingerprint density at radius 1 is 0.711 bits per heavy atom. The summed E-state index contributed by atoms with van der Waals surface area (Å²) in [7, 11) is 0. The van der Waals surface area contributed by atoms with Crippen LogP contribution >= 0.6 is 0 Å². The summed E-state index contributed by atoms with van der Waals surface area (Å²) in [6.07, 6.45) is -21.9. The third-order valence-electron chi connectivity index (χ3n) is 12.8. The third-order valence-corrected chi connectivity index (χ3v) is 12.8. The number of H-pyrrole nitrogens is 1. The van der Waals surface area contributed by atoms with Crippen molar-refractivity contribution in [2.45, 2.75) is 108 Å². The van der Waals surface area contributed by atoms with Gasteiger partial charge in [0, 0.05) is 44.0 Å². The highest BCUT2D eigenvalue weighted by Gasteiger charge is 2.38. The number of hydrogen-bond donors (Lipinski definition) is 15. The smallest absolute Gasteiger partial charge is 0.490 e. The van der Waals surface area contributed by atoms with E-state index in [0.717, 1.165) is 39.1 Å². The zero-order valence-electron chi connectivity index (χ0n) is 44.4. The van der Waals surface area contributed by atoms with Crippen LogP contribution in [0.1, 0.15) is 51.6 Å². The first kappa shape index (κ1) is 68.1. The number of carbonyl (C=O) groups excluding carboxylic acids is 3. The van der Waals surface area contributed by atoms with Crippen LogP contribution in [0.3, 0.4) is 0 Å². The molecule has 3 heterocycles. The summed E-state index contributed by atoms with van der Waals surface area (Å²) in [5, 5.41) is 122. The lowest BCUT2D eigenvalue weighted by molar-refractivity contribution is -0.676. The number of rotatable bonds is 25. The van der Waals surface area contributed by atoms with Gasteiger partial charge in [0.2, 0.25) is 0 Å². The second-order valence-corrected chi connectivity index (χ2v) is 18.6. The highest BCUT2D eigenvalue weighted by Crippen LogP contribution is 2.23. The number of aromatic amines is 1. The maximum Gasteiger partial charge on any atom is 0.490 e. The lowest BCUT2D eigenvalue weighted by atomic mass is 10.00. The summed E-state index contributed by atoms with van der Waals surface area (Å²) in [6.45, 7) is 3.53. The fraction of sp³-hybridized carbons (Fsp3) is 0.442. The van der Waals surface area contributed by atoms with Gasteiger partial charge in [-0.3, -0.25) is 14.5 Å². The van der Waals surface area contributed by atoms with Crippen molar-refractivity contribution in [3.63, 3.8) is 0 Å². The van der Waals surface area contributed by atoms with E-state index in [1.54, 1.807) is 18.3 Å². The van der Waals surface area contributed by atoms with E-state index < -0.39 is 92.2 Å². The molecule has 0 saturated carbocycles. The van der Waals surface area contributed by atoms with Crippen LogP contribution in [0.5, 0.6) is 0 Å². The Balaban J connectivity index is 0.000000936. The Labute approximate surface area is 468 Å². The van der Waals surface area contributed by atoms with Crippen LogP contribution in [-0.2, 0) is 42.1 Å². The van der Waals surface area contributed by atoms with Crippen LogP contribution in [0.25, 0.3) is 33.3 Å². The number of anilines is 1. The number of carboxylic acids is 2. The highest BCUT2D eigenvalue weighted by molar-refractivity contribution is 5.98. The fourth-order valence-electron chi connectivity index (χ4n) is 8.29. The first-order chi connectivity index (χ1) is 39.0. The standard InChI is InChI=1S/C48H63N9O12.2C2HF3O2/c1-3-56-33-14-13-31(21-34(33)57(4-2)39(56)22-52-48(69)40-45(49)54-46-32(53-40)16-19-50-46)47(68)51-18-15-27-5-9-29(10-6-27)30-11-7-28(8-12-30)17-20-55(23-35(60)41(64)43(66)37(62)25-58)24-36(61)42(65)44(67)38(63)26-59;2*3-2(4,5)1(6)7/h5-14,16,19,21,35-38,41-44,58-67H,3-4,15,17-18,20,22-26H2,1-2H3,(H4-,49,50,51,52,53,54,68,69);2*(H,6,7). The topological polar surface area (TPSA) is 418 Å². The molecular formula is C52H65F6N9O16. The van der Waals surface area contributed by atoms with Crippen molar-refractivity contribution in [1.29, 1.82) is 0 Å². The number of aryl methyl sites for hydroxylation is 2. The minimum absolute atomic E-state index is 0.0228. The summed E-state index contributed by atoms with van der Waals surface area (Å²) in [6, 6.07) is 22.9. The number of aromatic nitrogens is 5. The van der Waals surface area contributed by atoms with Crippen molar-refractivity contribution < 1.29 is 111 Å². The van der Waals surface area contributed by atoms with Gasteiger partial charge in [-0.1, -0.05) is 48.5 Å². The molecule has 6 rings (SSSR count). The first-order valence-corrected chi connectivity index (χ1v) is 25.3. The number of nitrogen functional groups attached to an aromatic ring is 1. The number of carbonyl (C=O) groups is 4. The van der Waals surface area contributed by atoms with E-state index in [4.69, 9.17) is 35.7 Å². The number of nitrogens with one attached hydrogen (secondary N) is 3. The predicted molar refractivity (Wildman–Crippen MR) is 278 cm³/mol. The number of imidazole rings is 1. The van der Waals surface area contributed by atoms with Gasteiger partial charge in [0.05, 0.1) is 38.5 Å². The molecule has 8 atom stereocenters.